The number of carboxylic acid groups (broad SMARTS) is 1. The van der Waals surface area contributed by atoms with Crippen LogP contribution in [0.1, 0.15) is 12.8 Å². The first-order chi connectivity index (χ1) is 9.56. The number of para-hydroxylation sites is 1. The molecule has 1 amide bonds. The van der Waals surface area contributed by atoms with Crippen LogP contribution in [0.2, 0.25) is 0 Å². The number of anilines is 1. The maximum absolute atomic E-state index is 11.7. The number of carboxylic acids is 1. The Bertz CT molecular complexity index is 642. The quantitative estimate of drug-likeness (QED) is 0.763. The van der Waals surface area contributed by atoms with Crippen LogP contribution < -0.4 is 11.1 Å². The van der Waals surface area contributed by atoms with Crippen LogP contribution in [0.25, 0.3) is 10.9 Å². The van der Waals surface area contributed by atoms with E-state index >= 15 is 0 Å². The molecule has 1 aromatic heterocycles. The molecule has 1 unspecified atom stereocenters. The highest BCUT2D eigenvalue weighted by molar-refractivity contribution is 5.91. The number of rotatable bonds is 5. The smallest absolute Gasteiger partial charge is 0.320 e. The van der Waals surface area contributed by atoms with E-state index in [1.807, 2.05) is 30.3 Å². The van der Waals surface area contributed by atoms with E-state index in [1.165, 1.54) is 0 Å². The zero-order chi connectivity index (χ0) is 14.5. The lowest BCUT2D eigenvalue weighted by Crippen LogP contribution is -2.31. The van der Waals surface area contributed by atoms with Crippen molar-refractivity contribution >= 4 is 28.6 Å². The van der Waals surface area contributed by atoms with Gasteiger partial charge in [-0.15, -0.1) is 0 Å². The van der Waals surface area contributed by atoms with Gasteiger partial charge in [-0.1, -0.05) is 18.2 Å². The van der Waals surface area contributed by atoms with Gasteiger partial charge in [-0.05, 0) is 24.6 Å². The lowest BCUT2D eigenvalue weighted by atomic mass is 10.1. The molecular formula is C14H15N3O3. The fourth-order valence-corrected chi connectivity index (χ4v) is 1.75. The molecule has 0 spiro atoms. The minimum absolute atomic E-state index is 0.0436. The van der Waals surface area contributed by atoms with Crippen molar-refractivity contribution in [3.63, 3.8) is 0 Å². The fraction of sp³-hybridized carbons (Fsp3) is 0.214. The number of carbonyl (C=O) groups excluding carboxylic acids is 1. The molecule has 0 aliphatic heterocycles. The summed E-state index contributed by atoms with van der Waals surface area (Å²) in [5.74, 6) is -0.969. The van der Waals surface area contributed by atoms with E-state index in [1.54, 1.807) is 6.07 Å². The molecule has 104 valence electrons. The number of nitrogens with two attached hydrogens (primary N) is 1. The third kappa shape index (κ3) is 3.52. The van der Waals surface area contributed by atoms with Gasteiger partial charge in [0.25, 0.3) is 0 Å². The molecule has 1 atom stereocenters. The van der Waals surface area contributed by atoms with Gasteiger partial charge >= 0.3 is 5.97 Å². The van der Waals surface area contributed by atoms with E-state index in [4.69, 9.17) is 10.8 Å². The van der Waals surface area contributed by atoms with Gasteiger partial charge < -0.3 is 16.2 Å². The molecule has 0 aliphatic carbocycles. The second kappa shape index (κ2) is 6.12. The van der Waals surface area contributed by atoms with Gasteiger partial charge in [0, 0.05) is 11.8 Å². The maximum Gasteiger partial charge on any atom is 0.320 e. The van der Waals surface area contributed by atoms with Crippen LogP contribution in [-0.4, -0.2) is 28.0 Å². The second-order valence-corrected chi connectivity index (χ2v) is 4.42. The van der Waals surface area contributed by atoms with E-state index in [2.05, 4.69) is 10.3 Å². The number of benzene rings is 1. The second-order valence-electron chi connectivity index (χ2n) is 4.42. The van der Waals surface area contributed by atoms with Crippen molar-refractivity contribution in [2.45, 2.75) is 18.9 Å². The number of carbonyl (C=O) groups is 2. The Balaban J connectivity index is 1.97. The molecule has 0 saturated carbocycles. The maximum atomic E-state index is 11.7. The van der Waals surface area contributed by atoms with Gasteiger partial charge in [-0.25, -0.2) is 4.98 Å². The van der Waals surface area contributed by atoms with E-state index in [0.717, 1.165) is 10.9 Å². The lowest BCUT2D eigenvalue weighted by Gasteiger charge is -2.07. The third-order valence-corrected chi connectivity index (χ3v) is 2.87. The summed E-state index contributed by atoms with van der Waals surface area (Å²) in [6.45, 7) is 0. The van der Waals surface area contributed by atoms with Crippen molar-refractivity contribution < 1.29 is 14.7 Å². The minimum Gasteiger partial charge on any atom is -0.480 e. The molecular weight excluding hydrogens is 258 g/mol. The summed E-state index contributed by atoms with van der Waals surface area (Å²) >= 11 is 0. The van der Waals surface area contributed by atoms with Crippen molar-refractivity contribution in [3.8, 4) is 0 Å². The van der Waals surface area contributed by atoms with Crippen LogP contribution in [0.4, 0.5) is 5.82 Å². The Morgan fingerprint density at radius 3 is 2.75 bits per heavy atom. The summed E-state index contributed by atoms with van der Waals surface area (Å²) in [4.78, 5) is 26.5. The number of aromatic nitrogens is 1. The number of aliphatic carboxylic acids is 1. The van der Waals surface area contributed by atoms with Crippen molar-refractivity contribution in [3.05, 3.63) is 36.4 Å². The van der Waals surface area contributed by atoms with Crippen LogP contribution in [0.15, 0.2) is 36.4 Å². The van der Waals surface area contributed by atoms with Crippen LogP contribution in [0.5, 0.6) is 0 Å². The molecule has 6 nitrogen and oxygen atoms in total. The monoisotopic (exact) mass is 273 g/mol. The summed E-state index contributed by atoms with van der Waals surface area (Å²) in [7, 11) is 0. The van der Waals surface area contributed by atoms with Gasteiger partial charge in [-0.2, -0.15) is 0 Å². The summed E-state index contributed by atoms with van der Waals surface area (Å²) in [5.41, 5.74) is 6.12. The SMILES string of the molecule is NC(CCC(=O)Nc1ccc2ccccc2n1)C(=O)O. The number of amides is 1. The van der Waals surface area contributed by atoms with E-state index in [0.29, 0.717) is 5.82 Å². The molecule has 6 heteroatoms. The highest BCUT2D eigenvalue weighted by Crippen LogP contribution is 2.14. The van der Waals surface area contributed by atoms with Crippen molar-refractivity contribution in [2.24, 2.45) is 5.73 Å². The normalized spacial score (nSPS) is 12.1. The molecule has 0 radical (unpaired) electrons. The molecule has 2 aromatic rings. The summed E-state index contributed by atoms with van der Waals surface area (Å²) in [5, 5.41) is 12.2. The average molecular weight is 273 g/mol. The first-order valence-corrected chi connectivity index (χ1v) is 6.20. The molecule has 0 fully saturated rings. The molecule has 1 aromatic carbocycles. The minimum atomic E-state index is -1.11. The van der Waals surface area contributed by atoms with E-state index < -0.39 is 12.0 Å². The standard InChI is InChI=1S/C14H15N3O3/c15-10(14(19)20)6-8-13(18)17-12-7-5-9-3-1-2-4-11(9)16-12/h1-5,7,10H,6,8,15H2,(H,19,20)(H,16,17,18). The van der Waals surface area contributed by atoms with Crippen molar-refractivity contribution in [1.29, 1.82) is 0 Å². The first kappa shape index (κ1) is 14.0. The number of nitrogens with zero attached hydrogens (tertiary/aromatic N) is 1. The van der Waals surface area contributed by atoms with Gasteiger partial charge in [0.1, 0.15) is 11.9 Å². The fourth-order valence-electron chi connectivity index (χ4n) is 1.75. The molecule has 1 heterocycles. The molecule has 4 N–H and O–H groups in total. The molecule has 2 rings (SSSR count). The predicted molar refractivity (Wildman–Crippen MR) is 75.2 cm³/mol. The summed E-state index contributed by atoms with van der Waals surface area (Å²) < 4.78 is 0. The Morgan fingerprint density at radius 1 is 1.25 bits per heavy atom. The lowest BCUT2D eigenvalue weighted by molar-refractivity contribution is -0.138. The summed E-state index contributed by atoms with van der Waals surface area (Å²) in [6.07, 6.45) is 0.136. The zero-order valence-corrected chi connectivity index (χ0v) is 10.7. The van der Waals surface area contributed by atoms with E-state index in [-0.39, 0.29) is 18.7 Å². The number of nitrogens with one attached hydrogen (secondary N) is 1. The number of hydrogen-bond acceptors (Lipinski definition) is 4. The third-order valence-electron chi connectivity index (χ3n) is 2.87. The Hall–Kier alpha value is -2.47. The van der Waals surface area contributed by atoms with Crippen molar-refractivity contribution in [1.82, 2.24) is 4.98 Å². The average Bonchev–Trinajstić information content (AvgIpc) is 2.44. The van der Waals surface area contributed by atoms with Crippen LogP contribution >= 0.6 is 0 Å². The molecule has 0 aliphatic rings. The highest BCUT2D eigenvalue weighted by Gasteiger charge is 2.13. The Kier molecular flexibility index (Phi) is 4.27. The van der Waals surface area contributed by atoms with Crippen molar-refractivity contribution in [2.75, 3.05) is 5.32 Å². The van der Waals surface area contributed by atoms with Crippen LogP contribution in [0.3, 0.4) is 0 Å². The Labute approximate surface area is 115 Å². The predicted octanol–water partition coefficient (Wildman–Crippen LogP) is 1.37. The van der Waals surface area contributed by atoms with Gasteiger partial charge in [0.15, 0.2) is 0 Å². The number of fused-ring (bicyclic) bond motifs is 1. The molecule has 0 saturated heterocycles. The topological polar surface area (TPSA) is 105 Å². The Morgan fingerprint density at radius 2 is 2.00 bits per heavy atom. The van der Waals surface area contributed by atoms with Crippen LogP contribution in [0, 0.1) is 0 Å². The largest absolute Gasteiger partial charge is 0.480 e. The van der Waals surface area contributed by atoms with Gasteiger partial charge in [0.05, 0.1) is 5.52 Å². The van der Waals surface area contributed by atoms with Gasteiger partial charge in [-0.3, -0.25) is 9.59 Å². The van der Waals surface area contributed by atoms with E-state index in [9.17, 15) is 9.59 Å². The zero-order valence-electron chi connectivity index (χ0n) is 10.7. The first-order valence-electron chi connectivity index (χ1n) is 6.20. The van der Waals surface area contributed by atoms with Gasteiger partial charge in [0.2, 0.25) is 5.91 Å². The molecule has 20 heavy (non-hydrogen) atoms. The molecule has 0 bridgehead atoms. The number of hydrogen-bond donors (Lipinski definition) is 3. The number of pyridine rings is 1. The van der Waals surface area contributed by atoms with Crippen LogP contribution in [-0.2, 0) is 9.59 Å². The highest BCUT2D eigenvalue weighted by atomic mass is 16.4. The summed E-state index contributed by atoms with van der Waals surface area (Å²) in [6, 6.07) is 10.1.